The number of halogens is 1. The van der Waals surface area contributed by atoms with E-state index in [4.69, 9.17) is 47.4 Å². The molecule has 11 heteroatoms. The molecule has 0 saturated heterocycles. The maximum absolute atomic E-state index is 5.44. The predicted octanol–water partition coefficient (Wildman–Crippen LogP) is 1.73. The van der Waals surface area contributed by atoms with Crippen LogP contribution in [0.2, 0.25) is 0 Å². The Morgan fingerprint density at radius 1 is 0.364 bits per heavy atom. The van der Waals surface area contributed by atoms with Gasteiger partial charge in [0.25, 0.3) is 0 Å². The largest absolute Gasteiger partial charge is 0.499 e. The summed E-state index contributed by atoms with van der Waals surface area (Å²) in [6, 6.07) is 0. The number of ether oxygens (including phenoxy) is 10. The maximum atomic E-state index is 5.44. The highest BCUT2D eigenvalue weighted by atomic mass is 127. The van der Waals surface area contributed by atoms with Crippen molar-refractivity contribution in [3.8, 4) is 0 Å². The van der Waals surface area contributed by atoms with Crippen molar-refractivity contribution >= 4 is 22.6 Å². The Hall–Kier alpha value is -0.0900. The standard InChI is InChI=1S/C22H43IO10/c1-2-24-5-6-26-9-10-28-13-14-30-17-18-32-21-22-33-20-19-31-16-15-29-12-11-27-8-7-25-4-3-23/h2H,1,3-22H2. The summed E-state index contributed by atoms with van der Waals surface area (Å²) in [4.78, 5) is 0. The zero-order valence-electron chi connectivity index (χ0n) is 19.9. The van der Waals surface area contributed by atoms with E-state index in [-0.39, 0.29) is 0 Å². The first-order valence-electron chi connectivity index (χ1n) is 11.4. The zero-order chi connectivity index (χ0) is 23.9. The Labute approximate surface area is 212 Å². The van der Waals surface area contributed by atoms with Crippen LogP contribution in [0.5, 0.6) is 0 Å². The van der Waals surface area contributed by atoms with Gasteiger partial charge in [-0.15, -0.1) is 0 Å². The summed E-state index contributed by atoms with van der Waals surface area (Å²) in [5.74, 6) is 0. The molecule has 0 aliphatic rings. The van der Waals surface area contributed by atoms with Gasteiger partial charge in [0.15, 0.2) is 0 Å². The van der Waals surface area contributed by atoms with Gasteiger partial charge in [-0.3, -0.25) is 0 Å². The van der Waals surface area contributed by atoms with E-state index >= 15 is 0 Å². The van der Waals surface area contributed by atoms with E-state index < -0.39 is 0 Å². The van der Waals surface area contributed by atoms with Gasteiger partial charge in [-0.25, -0.2) is 0 Å². The SMILES string of the molecule is C=COCCOCCOCCOCCOCCOCCOCCOCCOCCOCCI. The molecule has 0 saturated carbocycles. The lowest BCUT2D eigenvalue weighted by molar-refractivity contribution is -0.0254. The van der Waals surface area contributed by atoms with Gasteiger partial charge in [0.1, 0.15) is 6.61 Å². The molecule has 0 aliphatic heterocycles. The monoisotopic (exact) mass is 594 g/mol. The second-order valence-electron chi connectivity index (χ2n) is 6.24. The van der Waals surface area contributed by atoms with Crippen molar-refractivity contribution in [2.45, 2.75) is 0 Å². The van der Waals surface area contributed by atoms with Gasteiger partial charge in [-0.2, -0.15) is 0 Å². The molecule has 0 unspecified atom stereocenters. The first-order chi connectivity index (χ1) is 16.4. The smallest absolute Gasteiger partial charge is 0.111 e. The lowest BCUT2D eigenvalue weighted by atomic mass is 10.6. The Bertz CT molecular complexity index is 366. The van der Waals surface area contributed by atoms with E-state index in [1.165, 1.54) is 6.26 Å². The van der Waals surface area contributed by atoms with Gasteiger partial charge < -0.3 is 47.4 Å². The van der Waals surface area contributed by atoms with Gasteiger partial charge in [0, 0.05) is 4.43 Å². The molecule has 0 radical (unpaired) electrons. The van der Waals surface area contributed by atoms with E-state index in [0.29, 0.717) is 119 Å². The Morgan fingerprint density at radius 2 is 0.576 bits per heavy atom. The summed E-state index contributed by atoms with van der Waals surface area (Å²) in [6.07, 6.45) is 1.40. The van der Waals surface area contributed by atoms with Crippen LogP contribution in [0.15, 0.2) is 12.8 Å². The fourth-order valence-corrected chi connectivity index (χ4v) is 2.42. The third-order valence-electron chi connectivity index (χ3n) is 3.66. The van der Waals surface area contributed by atoms with Gasteiger partial charge in [0.2, 0.25) is 0 Å². The predicted molar refractivity (Wildman–Crippen MR) is 132 cm³/mol. The topological polar surface area (TPSA) is 92.3 Å². The molecule has 0 N–H and O–H groups in total. The molecule has 198 valence electrons. The number of hydrogen-bond donors (Lipinski definition) is 0. The first kappa shape index (κ1) is 32.9. The molecule has 0 aromatic carbocycles. The third-order valence-corrected chi connectivity index (χ3v) is 4.10. The molecule has 0 aromatic rings. The number of hydrogen-bond acceptors (Lipinski definition) is 10. The summed E-state index contributed by atoms with van der Waals surface area (Å²) in [6.45, 7) is 14.0. The Kier molecular flexibility index (Phi) is 31.8. The van der Waals surface area contributed by atoms with Gasteiger partial charge in [-0.05, 0) is 0 Å². The number of alkyl halides is 1. The van der Waals surface area contributed by atoms with E-state index in [1.807, 2.05) is 0 Å². The molecule has 0 aromatic heterocycles. The van der Waals surface area contributed by atoms with Gasteiger partial charge in [-0.1, -0.05) is 29.2 Å². The van der Waals surface area contributed by atoms with Crippen LogP contribution in [-0.2, 0) is 47.4 Å². The normalized spacial score (nSPS) is 11.2. The number of rotatable bonds is 30. The van der Waals surface area contributed by atoms with Crippen molar-refractivity contribution in [3.63, 3.8) is 0 Å². The van der Waals surface area contributed by atoms with Crippen LogP contribution >= 0.6 is 22.6 Å². The van der Waals surface area contributed by atoms with Crippen molar-refractivity contribution in [2.24, 2.45) is 0 Å². The average Bonchev–Trinajstić information content (AvgIpc) is 2.83. The molecular formula is C22H43IO10. The van der Waals surface area contributed by atoms with Crippen LogP contribution in [-0.4, -0.2) is 130 Å². The lowest BCUT2D eigenvalue weighted by Gasteiger charge is -2.08. The van der Waals surface area contributed by atoms with Crippen molar-refractivity contribution in [2.75, 3.05) is 130 Å². The second kappa shape index (κ2) is 31.9. The second-order valence-corrected chi connectivity index (χ2v) is 7.32. The summed E-state index contributed by atoms with van der Waals surface area (Å²) in [5.41, 5.74) is 0. The fraction of sp³-hybridized carbons (Fsp3) is 0.909. The van der Waals surface area contributed by atoms with E-state index in [1.54, 1.807) is 0 Å². The average molecular weight is 594 g/mol. The molecule has 33 heavy (non-hydrogen) atoms. The summed E-state index contributed by atoms with van der Waals surface area (Å²) < 4.78 is 54.4. The molecule has 0 bridgehead atoms. The molecule has 0 amide bonds. The van der Waals surface area contributed by atoms with E-state index in [2.05, 4.69) is 29.2 Å². The molecule has 0 rings (SSSR count). The van der Waals surface area contributed by atoms with Crippen molar-refractivity contribution in [1.29, 1.82) is 0 Å². The van der Waals surface area contributed by atoms with Crippen LogP contribution in [0.4, 0.5) is 0 Å². The highest BCUT2D eigenvalue weighted by Gasteiger charge is 1.95. The van der Waals surface area contributed by atoms with Crippen LogP contribution in [0.25, 0.3) is 0 Å². The molecular weight excluding hydrogens is 551 g/mol. The van der Waals surface area contributed by atoms with Crippen LogP contribution in [0.3, 0.4) is 0 Å². The summed E-state index contributed by atoms with van der Waals surface area (Å²) >= 11 is 2.28. The quantitative estimate of drug-likeness (QED) is 0.0530. The molecule has 0 spiro atoms. The maximum Gasteiger partial charge on any atom is 0.111 e. The van der Waals surface area contributed by atoms with Gasteiger partial charge in [0.05, 0.1) is 125 Å². The first-order valence-corrected chi connectivity index (χ1v) is 12.9. The fourth-order valence-electron chi connectivity index (χ4n) is 2.11. The Balaban J connectivity index is 2.99. The lowest BCUT2D eigenvalue weighted by Crippen LogP contribution is -2.15. The van der Waals surface area contributed by atoms with Crippen molar-refractivity contribution in [1.82, 2.24) is 0 Å². The highest BCUT2D eigenvalue weighted by molar-refractivity contribution is 14.1. The van der Waals surface area contributed by atoms with Crippen LogP contribution in [0.1, 0.15) is 0 Å². The van der Waals surface area contributed by atoms with Gasteiger partial charge >= 0.3 is 0 Å². The minimum Gasteiger partial charge on any atom is -0.499 e. The minimum absolute atomic E-state index is 0.508. The summed E-state index contributed by atoms with van der Waals surface area (Å²) in [5, 5.41) is 0. The zero-order valence-corrected chi connectivity index (χ0v) is 22.0. The van der Waals surface area contributed by atoms with E-state index in [0.717, 1.165) is 11.0 Å². The third kappa shape index (κ3) is 31.9. The molecule has 0 heterocycles. The van der Waals surface area contributed by atoms with Crippen LogP contribution < -0.4 is 0 Å². The summed E-state index contributed by atoms with van der Waals surface area (Å²) in [7, 11) is 0. The van der Waals surface area contributed by atoms with E-state index in [9.17, 15) is 0 Å². The van der Waals surface area contributed by atoms with Crippen molar-refractivity contribution < 1.29 is 47.4 Å². The molecule has 0 aliphatic carbocycles. The van der Waals surface area contributed by atoms with Crippen LogP contribution in [0, 0.1) is 0 Å². The molecule has 0 atom stereocenters. The minimum atomic E-state index is 0.508. The Morgan fingerprint density at radius 3 is 0.788 bits per heavy atom. The highest BCUT2D eigenvalue weighted by Crippen LogP contribution is 1.87. The van der Waals surface area contributed by atoms with Crippen molar-refractivity contribution in [3.05, 3.63) is 12.8 Å². The molecule has 0 fully saturated rings. The molecule has 10 nitrogen and oxygen atoms in total.